The average molecular weight is 521 g/mol. The maximum absolute atomic E-state index is 13.3. The van der Waals surface area contributed by atoms with Gasteiger partial charge in [0.05, 0.1) is 26.0 Å². The number of nitrogens with zero attached hydrogens (tertiary/aromatic N) is 2. The van der Waals surface area contributed by atoms with E-state index in [4.69, 9.17) is 14.6 Å². The van der Waals surface area contributed by atoms with E-state index >= 15 is 0 Å². The molecule has 10 heteroatoms. The fourth-order valence-corrected chi connectivity index (χ4v) is 3.92. The highest BCUT2D eigenvalue weighted by atomic mass is 16.5. The number of methoxy groups -OCH3 is 1. The number of benzene rings is 2. The van der Waals surface area contributed by atoms with Crippen LogP contribution in [-0.4, -0.2) is 51.2 Å². The Kier molecular flexibility index (Phi) is 8.80. The van der Waals surface area contributed by atoms with E-state index in [1.807, 2.05) is 13.8 Å². The first kappa shape index (κ1) is 27.9. The zero-order chi connectivity index (χ0) is 28.0. The van der Waals surface area contributed by atoms with Crippen LogP contribution >= 0.6 is 0 Å². The second-order valence-electron chi connectivity index (χ2n) is 8.59. The second-order valence-corrected chi connectivity index (χ2v) is 8.59. The molecular formula is C28H28N2O8. The van der Waals surface area contributed by atoms with Crippen molar-refractivity contribution in [3.8, 4) is 17.0 Å². The van der Waals surface area contributed by atoms with Crippen LogP contribution in [0.5, 0.6) is 5.75 Å². The van der Waals surface area contributed by atoms with Crippen LogP contribution in [0.25, 0.3) is 17.0 Å². The quantitative estimate of drug-likeness (QED) is 0.176. The molecule has 0 aliphatic heterocycles. The first-order valence-electron chi connectivity index (χ1n) is 11.8. The van der Waals surface area contributed by atoms with Gasteiger partial charge in [-0.15, -0.1) is 0 Å². The molecule has 2 aromatic carbocycles. The third-order valence-electron chi connectivity index (χ3n) is 5.68. The van der Waals surface area contributed by atoms with Crippen LogP contribution in [0.1, 0.15) is 53.9 Å². The van der Waals surface area contributed by atoms with E-state index in [9.17, 15) is 24.3 Å². The number of carbonyl (C=O) groups is 3. The van der Waals surface area contributed by atoms with E-state index < -0.39 is 29.2 Å². The van der Waals surface area contributed by atoms with E-state index in [1.54, 1.807) is 43.3 Å². The van der Waals surface area contributed by atoms with Crippen molar-refractivity contribution in [2.24, 2.45) is 0 Å². The molecule has 0 bridgehead atoms. The summed E-state index contributed by atoms with van der Waals surface area (Å²) in [4.78, 5) is 52.8. The van der Waals surface area contributed by atoms with Crippen LogP contribution in [0.3, 0.4) is 0 Å². The standard InChI is InChI=1S/C28H28N2O8/c1-5-38-27(35)23-24(19-10-12-20(37-4)13-11-19)29-28(36)30(25(23)16(2)3)15-17-6-8-18(9-7-17)21(31)14-22(32)26(33)34/h6-14,16,31H,5,15H2,1-4H3,(H,33,34)/b21-14-. The summed E-state index contributed by atoms with van der Waals surface area (Å²) >= 11 is 0. The van der Waals surface area contributed by atoms with Crippen LogP contribution in [0.2, 0.25) is 0 Å². The Bertz CT molecular complexity index is 1440. The number of aliphatic carboxylic acids is 1. The Balaban J connectivity index is 2.11. The van der Waals surface area contributed by atoms with E-state index in [0.717, 1.165) is 0 Å². The zero-order valence-corrected chi connectivity index (χ0v) is 21.4. The molecule has 0 amide bonds. The smallest absolute Gasteiger partial charge is 0.376 e. The molecule has 0 saturated carbocycles. The van der Waals surface area contributed by atoms with Gasteiger partial charge in [-0.3, -0.25) is 9.36 Å². The van der Waals surface area contributed by atoms with Crippen molar-refractivity contribution in [1.29, 1.82) is 0 Å². The molecule has 0 saturated heterocycles. The number of ketones is 1. The lowest BCUT2D eigenvalue weighted by Gasteiger charge is -2.21. The molecule has 3 rings (SSSR count). The lowest BCUT2D eigenvalue weighted by atomic mass is 9.97. The number of rotatable bonds is 10. The minimum absolute atomic E-state index is 0.0630. The number of aliphatic hydroxyl groups is 1. The fourth-order valence-electron chi connectivity index (χ4n) is 3.92. The molecule has 3 aromatic rings. The predicted octanol–water partition coefficient (Wildman–Crippen LogP) is 3.82. The molecule has 0 atom stereocenters. The van der Waals surface area contributed by atoms with Crippen molar-refractivity contribution in [1.82, 2.24) is 9.55 Å². The number of carbonyl (C=O) groups excluding carboxylic acids is 2. The summed E-state index contributed by atoms with van der Waals surface area (Å²) in [6, 6.07) is 13.1. The molecule has 198 valence electrons. The molecule has 0 aliphatic carbocycles. The summed E-state index contributed by atoms with van der Waals surface area (Å²) in [5.74, 6) is -3.68. The zero-order valence-electron chi connectivity index (χ0n) is 21.4. The van der Waals surface area contributed by atoms with E-state index in [-0.39, 0.29) is 35.9 Å². The molecule has 0 unspecified atom stereocenters. The number of aromatic nitrogens is 2. The largest absolute Gasteiger partial charge is 0.507 e. The van der Waals surface area contributed by atoms with Gasteiger partial charge in [0.2, 0.25) is 0 Å². The maximum Gasteiger partial charge on any atom is 0.376 e. The summed E-state index contributed by atoms with van der Waals surface area (Å²) in [6.45, 7) is 5.61. The normalized spacial score (nSPS) is 11.3. The third-order valence-corrected chi connectivity index (χ3v) is 5.68. The van der Waals surface area contributed by atoms with Crippen molar-refractivity contribution in [2.75, 3.05) is 13.7 Å². The van der Waals surface area contributed by atoms with Crippen LogP contribution in [-0.2, 0) is 20.9 Å². The van der Waals surface area contributed by atoms with Crippen molar-refractivity contribution in [3.05, 3.63) is 87.5 Å². The van der Waals surface area contributed by atoms with Crippen molar-refractivity contribution in [2.45, 2.75) is 33.2 Å². The van der Waals surface area contributed by atoms with E-state index in [1.165, 1.54) is 23.8 Å². The van der Waals surface area contributed by atoms with Gasteiger partial charge in [0.15, 0.2) is 0 Å². The van der Waals surface area contributed by atoms with E-state index in [2.05, 4.69) is 4.98 Å². The minimum atomic E-state index is -1.68. The van der Waals surface area contributed by atoms with Crippen LogP contribution in [0.4, 0.5) is 0 Å². The SMILES string of the molecule is CCOC(=O)c1c(-c2ccc(OC)cc2)nc(=O)n(Cc2ccc(/C(O)=C/C(=O)C(=O)O)cc2)c1C(C)C. The highest BCUT2D eigenvalue weighted by Gasteiger charge is 2.27. The summed E-state index contributed by atoms with van der Waals surface area (Å²) in [5, 5.41) is 18.8. The average Bonchev–Trinajstić information content (AvgIpc) is 2.89. The molecule has 10 nitrogen and oxygen atoms in total. The van der Waals surface area contributed by atoms with Gasteiger partial charge in [0.1, 0.15) is 17.1 Å². The molecule has 1 heterocycles. The molecule has 0 radical (unpaired) electrons. The number of ether oxygens (including phenoxy) is 2. The predicted molar refractivity (Wildman–Crippen MR) is 139 cm³/mol. The number of hydrogen-bond donors (Lipinski definition) is 2. The highest BCUT2D eigenvalue weighted by Crippen LogP contribution is 2.30. The van der Waals surface area contributed by atoms with Gasteiger partial charge in [-0.05, 0) is 42.7 Å². The van der Waals surface area contributed by atoms with Crippen molar-refractivity contribution in [3.63, 3.8) is 0 Å². The van der Waals surface area contributed by atoms with Gasteiger partial charge in [-0.25, -0.2) is 14.4 Å². The molecule has 0 fully saturated rings. The summed E-state index contributed by atoms with van der Waals surface area (Å²) in [6.07, 6.45) is 0.617. The first-order valence-corrected chi connectivity index (χ1v) is 11.8. The molecule has 2 N–H and O–H groups in total. The van der Waals surface area contributed by atoms with Gasteiger partial charge >= 0.3 is 17.6 Å². The number of esters is 1. The number of aliphatic hydroxyl groups excluding tert-OH is 1. The lowest BCUT2D eigenvalue weighted by molar-refractivity contribution is -0.146. The Morgan fingerprint density at radius 3 is 2.18 bits per heavy atom. The molecule has 38 heavy (non-hydrogen) atoms. The van der Waals surface area contributed by atoms with Crippen LogP contribution < -0.4 is 10.4 Å². The molecule has 0 spiro atoms. The lowest BCUT2D eigenvalue weighted by Crippen LogP contribution is -2.31. The van der Waals surface area contributed by atoms with Gasteiger partial charge < -0.3 is 19.7 Å². The monoisotopic (exact) mass is 520 g/mol. The Morgan fingerprint density at radius 2 is 1.66 bits per heavy atom. The minimum Gasteiger partial charge on any atom is -0.507 e. The van der Waals surface area contributed by atoms with Gasteiger partial charge in [0.25, 0.3) is 5.78 Å². The van der Waals surface area contributed by atoms with Gasteiger partial charge in [-0.2, -0.15) is 4.98 Å². The molecule has 1 aromatic heterocycles. The van der Waals surface area contributed by atoms with E-state index in [0.29, 0.717) is 28.6 Å². The van der Waals surface area contributed by atoms with Crippen LogP contribution in [0.15, 0.2) is 59.4 Å². The fraction of sp³-hybridized carbons (Fsp3) is 0.250. The van der Waals surface area contributed by atoms with Gasteiger partial charge in [0, 0.05) is 22.9 Å². The Labute approximate surface area is 218 Å². The number of carboxylic acids is 1. The number of hydrogen-bond acceptors (Lipinski definition) is 8. The van der Waals surface area contributed by atoms with Crippen LogP contribution in [0, 0.1) is 0 Å². The highest BCUT2D eigenvalue weighted by molar-refractivity contribution is 6.38. The second kappa shape index (κ2) is 12.0. The number of carboxylic acid groups (broad SMARTS) is 1. The first-order chi connectivity index (χ1) is 18.1. The van der Waals surface area contributed by atoms with Crippen molar-refractivity contribution < 1.29 is 34.1 Å². The molecular weight excluding hydrogens is 492 g/mol. The summed E-state index contributed by atoms with van der Waals surface area (Å²) in [5.41, 5.74) is 1.71. The topological polar surface area (TPSA) is 145 Å². The van der Waals surface area contributed by atoms with Crippen molar-refractivity contribution >= 4 is 23.5 Å². The summed E-state index contributed by atoms with van der Waals surface area (Å²) in [7, 11) is 1.54. The Morgan fingerprint density at radius 1 is 1.03 bits per heavy atom. The summed E-state index contributed by atoms with van der Waals surface area (Å²) < 4.78 is 11.9. The Hall–Kier alpha value is -4.73. The maximum atomic E-state index is 13.3. The third kappa shape index (κ3) is 6.15. The van der Waals surface area contributed by atoms with Gasteiger partial charge in [-0.1, -0.05) is 38.1 Å². The molecule has 0 aliphatic rings.